The Morgan fingerprint density at radius 3 is 2.49 bits per heavy atom. The first kappa shape index (κ1) is 23.5. The van der Waals surface area contributed by atoms with Crippen LogP contribution in [0.2, 0.25) is 5.02 Å². The Balaban J connectivity index is 1.47. The van der Waals surface area contributed by atoms with E-state index in [9.17, 15) is 13.2 Å². The number of amidine groups is 1. The molecule has 1 N–H and O–H groups in total. The molecule has 8 nitrogen and oxygen atoms in total. The lowest BCUT2D eigenvalue weighted by atomic mass is 10.1. The van der Waals surface area contributed by atoms with Crippen molar-refractivity contribution in [1.29, 1.82) is 0 Å². The van der Waals surface area contributed by atoms with Crippen molar-refractivity contribution in [2.45, 2.75) is 11.4 Å². The molecule has 2 aliphatic rings. The van der Waals surface area contributed by atoms with Crippen LogP contribution < -0.4 is 10.2 Å². The number of carbonyl (C=O) groups is 1. The van der Waals surface area contributed by atoms with Crippen LogP contribution in [-0.4, -0.2) is 50.9 Å². The zero-order valence-corrected chi connectivity index (χ0v) is 20.3. The molecular formula is C25H23ClN4O4S. The lowest BCUT2D eigenvalue weighted by Gasteiger charge is -2.27. The van der Waals surface area contributed by atoms with E-state index in [0.717, 1.165) is 11.1 Å². The minimum Gasteiger partial charge on any atom is -0.379 e. The average Bonchev–Trinajstić information content (AvgIpc) is 3.24. The van der Waals surface area contributed by atoms with E-state index in [1.54, 1.807) is 42.5 Å². The molecule has 0 atom stereocenters. The number of hydrogen-bond donors (Lipinski definition) is 1. The summed E-state index contributed by atoms with van der Waals surface area (Å²) in [5.74, 6) is 0.452. The normalized spacial score (nSPS) is 17.4. The molecule has 2 amide bonds. The smallest absolute Gasteiger partial charge is 0.347 e. The number of rotatable bonds is 4. The van der Waals surface area contributed by atoms with Gasteiger partial charge in [-0.15, -0.1) is 0 Å². The molecule has 1 saturated heterocycles. The summed E-state index contributed by atoms with van der Waals surface area (Å²) in [7, 11) is -3.67. The standard InChI is InChI=1S/C25H23ClN4O4S/c26-19-8-10-20(11-9-19)27-25(31)28-24-23-7-2-1-4-18(23)17-30(24)21-5-3-6-22(16-21)35(32,33)29-12-14-34-15-13-29/h1-11,16H,12-15,17H2,(H,27,31)/b28-24+. The molecule has 2 heterocycles. The molecule has 10 heteroatoms. The van der Waals surface area contributed by atoms with Crippen LogP contribution in [0.25, 0.3) is 0 Å². The largest absolute Gasteiger partial charge is 0.379 e. The summed E-state index contributed by atoms with van der Waals surface area (Å²) in [5.41, 5.74) is 3.01. The number of nitrogens with one attached hydrogen (secondary N) is 1. The SMILES string of the molecule is O=C(/N=C1\c2ccccc2CN1c1cccc(S(=O)(=O)N2CCOCC2)c1)Nc1ccc(Cl)cc1. The van der Waals surface area contributed by atoms with E-state index in [1.807, 2.05) is 35.2 Å². The molecule has 1 fully saturated rings. The van der Waals surface area contributed by atoms with Crippen LogP contribution in [0.3, 0.4) is 0 Å². The maximum Gasteiger partial charge on any atom is 0.347 e. The molecule has 0 saturated carbocycles. The van der Waals surface area contributed by atoms with Crippen molar-refractivity contribution in [2.24, 2.45) is 4.99 Å². The molecule has 2 aliphatic heterocycles. The van der Waals surface area contributed by atoms with E-state index < -0.39 is 16.1 Å². The lowest BCUT2D eigenvalue weighted by molar-refractivity contribution is 0.0730. The second-order valence-corrected chi connectivity index (χ2v) is 10.5. The highest BCUT2D eigenvalue weighted by atomic mass is 35.5. The van der Waals surface area contributed by atoms with Crippen molar-refractivity contribution in [3.05, 3.63) is 88.9 Å². The molecule has 0 unspecified atom stereocenters. The van der Waals surface area contributed by atoms with Crippen molar-refractivity contribution in [2.75, 3.05) is 36.5 Å². The predicted molar refractivity (Wildman–Crippen MR) is 136 cm³/mol. The number of urea groups is 1. The van der Waals surface area contributed by atoms with E-state index in [0.29, 0.717) is 55.1 Å². The van der Waals surface area contributed by atoms with Gasteiger partial charge in [-0.1, -0.05) is 41.9 Å². The van der Waals surface area contributed by atoms with Gasteiger partial charge in [-0.25, -0.2) is 13.2 Å². The highest BCUT2D eigenvalue weighted by molar-refractivity contribution is 7.89. The Hall–Kier alpha value is -3.24. The number of carbonyl (C=O) groups excluding carboxylic acids is 1. The van der Waals surface area contributed by atoms with E-state index in [2.05, 4.69) is 10.3 Å². The van der Waals surface area contributed by atoms with Gasteiger partial charge in [0.1, 0.15) is 5.84 Å². The molecule has 3 aromatic carbocycles. The molecule has 3 aromatic rings. The molecule has 0 spiro atoms. The van der Waals surface area contributed by atoms with Crippen LogP contribution in [0.5, 0.6) is 0 Å². The van der Waals surface area contributed by atoms with Crippen molar-refractivity contribution < 1.29 is 17.9 Å². The number of morpholine rings is 1. The summed E-state index contributed by atoms with van der Waals surface area (Å²) < 4.78 is 33.1. The minimum absolute atomic E-state index is 0.192. The second kappa shape index (κ2) is 9.79. The first-order valence-corrected chi connectivity index (χ1v) is 12.9. The second-order valence-electron chi connectivity index (χ2n) is 8.13. The predicted octanol–water partition coefficient (Wildman–Crippen LogP) is 4.36. The monoisotopic (exact) mass is 510 g/mol. The fourth-order valence-corrected chi connectivity index (χ4v) is 5.70. The van der Waals surface area contributed by atoms with Gasteiger partial charge in [0.2, 0.25) is 10.0 Å². The number of fused-ring (bicyclic) bond motifs is 1. The van der Waals surface area contributed by atoms with Crippen LogP contribution in [0, 0.1) is 0 Å². The Morgan fingerprint density at radius 1 is 0.971 bits per heavy atom. The molecule has 0 aromatic heterocycles. The molecule has 0 bridgehead atoms. The highest BCUT2D eigenvalue weighted by Crippen LogP contribution is 2.31. The van der Waals surface area contributed by atoms with Crippen molar-refractivity contribution >= 4 is 44.9 Å². The highest BCUT2D eigenvalue weighted by Gasteiger charge is 2.30. The fraction of sp³-hybridized carbons (Fsp3) is 0.200. The third-order valence-corrected chi connectivity index (χ3v) is 8.03. The Morgan fingerprint density at radius 2 is 1.71 bits per heavy atom. The third-order valence-electron chi connectivity index (χ3n) is 5.88. The van der Waals surface area contributed by atoms with Gasteiger partial charge < -0.3 is 15.0 Å². The van der Waals surface area contributed by atoms with Gasteiger partial charge in [0.15, 0.2) is 0 Å². The molecule has 0 radical (unpaired) electrons. The number of hydrogen-bond acceptors (Lipinski definition) is 4. The van der Waals surface area contributed by atoms with Crippen LogP contribution in [0.15, 0.2) is 82.7 Å². The Kier molecular flexibility index (Phi) is 6.57. The number of ether oxygens (including phenoxy) is 1. The number of amides is 2. The van der Waals surface area contributed by atoms with Gasteiger partial charge in [0.25, 0.3) is 0 Å². The maximum absolute atomic E-state index is 13.2. The number of nitrogens with zero attached hydrogens (tertiary/aromatic N) is 3. The summed E-state index contributed by atoms with van der Waals surface area (Å²) >= 11 is 5.92. The van der Waals surface area contributed by atoms with Crippen LogP contribution in [-0.2, 0) is 21.3 Å². The summed E-state index contributed by atoms with van der Waals surface area (Å²) in [4.78, 5) is 19.2. The van der Waals surface area contributed by atoms with Gasteiger partial charge in [0, 0.05) is 35.1 Å². The number of benzene rings is 3. The van der Waals surface area contributed by atoms with Gasteiger partial charge in [-0.05, 0) is 48.0 Å². The number of halogens is 1. The van der Waals surface area contributed by atoms with E-state index in [1.165, 1.54) is 4.31 Å². The summed E-state index contributed by atoms with van der Waals surface area (Å²) in [6.07, 6.45) is 0. The zero-order chi connectivity index (χ0) is 24.4. The van der Waals surface area contributed by atoms with Crippen molar-refractivity contribution in [1.82, 2.24) is 4.31 Å². The van der Waals surface area contributed by atoms with Gasteiger partial charge in [-0.3, -0.25) is 0 Å². The molecule has 5 rings (SSSR count). The number of anilines is 2. The quantitative estimate of drug-likeness (QED) is 0.563. The van der Waals surface area contributed by atoms with Gasteiger partial charge in [0.05, 0.1) is 24.7 Å². The summed E-state index contributed by atoms with van der Waals surface area (Å²) in [6, 6.07) is 20.6. The van der Waals surface area contributed by atoms with Gasteiger partial charge in [-0.2, -0.15) is 9.30 Å². The first-order chi connectivity index (χ1) is 16.9. The summed E-state index contributed by atoms with van der Waals surface area (Å²) in [6.45, 7) is 1.85. The Labute approximate surface area is 208 Å². The summed E-state index contributed by atoms with van der Waals surface area (Å²) in [5, 5.41) is 3.32. The lowest BCUT2D eigenvalue weighted by Crippen LogP contribution is -2.40. The topological polar surface area (TPSA) is 91.3 Å². The fourth-order valence-electron chi connectivity index (χ4n) is 4.13. The molecule has 35 heavy (non-hydrogen) atoms. The van der Waals surface area contributed by atoms with Crippen LogP contribution >= 0.6 is 11.6 Å². The molecule has 0 aliphatic carbocycles. The average molecular weight is 511 g/mol. The number of sulfonamides is 1. The molecule has 180 valence electrons. The number of aliphatic imine (C=N–C) groups is 1. The van der Waals surface area contributed by atoms with E-state index in [4.69, 9.17) is 16.3 Å². The van der Waals surface area contributed by atoms with Gasteiger partial charge >= 0.3 is 6.03 Å². The van der Waals surface area contributed by atoms with Crippen LogP contribution in [0.4, 0.5) is 16.2 Å². The van der Waals surface area contributed by atoms with Crippen molar-refractivity contribution in [3.8, 4) is 0 Å². The van der Waals surface area contributed by atoms with E-state index >= 15 is 0 Å². The maximum atomic E-state index is 13.2. The Bertz CT molecular complexity index is 1390. The van der Waals surface area contributed by atoms with Crippen molar-refractivity contribution in [3.63, 3.8) is 0 Å². The zero-order valence-electron chi connectivity index (χ0n) is 18.7. The first-order valence-electron chi connectivity index (χ1n) is 11.1. The molecular weight excluding hydrogens is 488 g/mol. The van der Waals surface area contributed by atoms with E-state index in [-0.39, 0.29) is 4.90 Å². The third kappa shape index (κ3) is 4.94. The van der Waals surface area contributed by atoms with Crippen LogP contribution in [0.1, 0.15) is 11.1 Å². The minimum atomic E-state index is -3.67.